The first kappa shape index (κ1) is 31.4. The Kier molecular flexibility index (Phi) is 7.93. The average Bonchev–Trinajstić information content (AvgIpc) is 3.44. The lowest BCUT2D eigenvalue weighted by atomic mass is 9.85. The zero-order valence-corrected chi connectivity index (χ0v) is 21.8. The highest BCUT2D eigenvalue weighted by atomic mass is 35.5. The van der Waals surface area contributed by atoms with E-state index in [1.807, 2.05) is 0 Å². The lowest BCUT2D eigenvalue weighted by molar-refractivity contribution is -0.276. The molecule has 0 radical (unpaired) electrons. The van der Waals surface area contributed by atoms with Gasteiger partial charge in [0.15, 0.2) is 0 Å². The van der Waals surface area contributed by atoms with Gasteiger partial charge < -0.3 is 15.1 Å². The van der Waals surface area contributed by atoms with E-state index in [1.54, 1.807) is 0 Å². The molecule has 1 fully saturated rings. The van der Waals surface area contributed by atoms with Crippen molar-refractivity contribution < 1.29 is 58.3 Å². The van der Waals surface area contributed by atoms with Crippen molar-refractivity contribution in [1.29, 1.82) is 0 Å². The molecule has 1 N–H and O–H groups in total. The SMILES string of the molecule is Cc1cc(C2=NO[C@](c3cc(C(F)(F)F)cc(Cl)c3F)(C(F)(F)F)C2)ccc1C(=O)N[C@@H]1CCN(CC(F)(F)F)C1=O. The van der Waals surface area contributed by atoms with Crippen molar-refractivity contribution in [3.63, 3.8) is 0 Å². The first-order valence-electron chi connectivity index (χ1n) is 11.9. The number of alkyl halides is 9. The number of nitrogens with one attached hydrogen (secondary N) is 1. The van der Waals surface area contributed by atoms with Crippen LogP contribution in [0.1, 0.15) is 45.5 Å². The summed E-state index contributed by atoms with van der Waals surface area (Å²) < 4.78 is 135. The third kappa shape index (κ3) is 5.99. The second-order valence-corrected chi connectivity index (χ2v) is 10.1. The molecule has 17 heteroatoms. The molecule has 2 atom stereocenters. The normalized spacial score (nSPS) is 21.4. The molecule has 2 aromatic rings. The smallest absolute Gasteiger partial charge is 0.374 e. The van der Waals surface area contributed by atoms with Crippen molar-refractivity contribution in [1.82, 2.24) is 10.2 Å². The second-order valence-electron chi connectivity index (χ2n) is 9.67. The number of likely N-dealkylation sites (tertiary alicyclic amines) is 1. The number of oxime groups is 1. The van der Waals surface area contributed by atoms with E-state index in [2.05, 4.69) is 15.3 Å². The van der Waals surface area contributed by atoms with Gasteiger partial charge in [-0.2, -0.15) is 39.5 Å². The van der Waals surface area contributed by atoms with Gasteiger partial charge in [-0.05, 0) is 48.7 Å². The summed E-state index contributed by atoms with van der Waals surface area (Å²) in [5, 5.41) is 4.49. The molecule has 0 aliphatic carbocycles. The molecule has 0 saturated carbocycles. The molecule has 1 saturated heterocycles. The maximum absolute atomic E-state index is 14.8. The molecule has 2 heterocycles. The van der Waals surface area contributed by atoms with E-state index in [0.29, 0.717) is 4.90 Å². The predicted octanol–water partition coefficient (Wildman–Crippen LogP) is 6.28. The summed E-state index contributed by atoms with van der Waals surface area (Å²) in [7, 11) is 0. The summed E-state index contributed by atoms with van der Waals surface area (Å²) in [4.78, 5) is 30.1. The molecule has 4 rings (SSSR count). The Morgan fingerprint density at radius 1 is 1.12 bits per heavy atom. The number of hydrogen-bond donors (Lipinski definition) is 1. The largest absolute Gasteiger partial charge is 0.435 e. The van der Waals surface area contributed by atoms with E-state index in [1.165, 1.54) is 13.0 Å². The average molecular weight is 634 g/mol. The predicted molar refractivity (Wildman–Crippen MR) is 126 cm³/mol. The fraction of sp³-hybridized carbons (Fsp3) is 0.400. The number of halogens is 11. The molecule has 2 aliphatic heterocycles. The Labute approximate surface area is 235 Å². The summed E-state index contributed by atoms with van der Waals surface area (Å²) in [5.41, 5.74) is -7.25. The monoisotopic (exact) mass is 633 g/mol. The number of amides is 2. The topological polar surface area (TPSA) is 71.0 Å². The van der Waals surface area contributed by atoms with Gasteiger partial charge in [-0.15, -0.1) is 0 Å². The van der Waals surface area contributed by atoms with Crippen molar-refractivity contribution in [3.8, 4) is 0 Å². The maximum Gasteiger partial charge on any atom is 0.435 e. The molecule has 0 bridgehead atoms. The molecule has 0 spiro atoms. The van der Waals surface area contributed by atoms with Crippen LogP contribution in [-0.4, -0.2) is 53.9 Å². The van der Waals surface area contributed by atoms with Crippen molar-refractivity contribution in [2.75, 3.05) is 13.1 Å². The number of aryl methyl sites for hydroxylation is 1. The van der Waals surface area contributed by atoms with E-state index in [9.17, 15) is 53.5 Å². The summed E-state index contributed by atoms with van der Waals surface area (Å²) >= 11 is 5.50. The molecular weight excluding hydrogens is 616 g/mol. The van der Waals surface area contributed by atoms with Crippen LogP contribution in [-0.2, 0) is 21.4 Å². The van der Waals surface area contributed by atoms with Gasteiger partial charge in [-0.25, -0.2) is 4.39 Å². The molecule has 0 unspecified atom stereocenters. The van der Waals surface area contributed by atoms with Crippen LogP contribution < -0.4 is 5.32 Å². The minimum absolute atomic E-state index is 0.0496. The van der Waals surface area contributed by atoms with Crippen molar-refractivity contribution in [2.24, 2.45) is 5.16 Å². The number of hydrogen-bond acceptors (Lipinski definition) is 4. The van der Waals surface area contributed by atoms with E-state index in [4.69, 9.17) is 11.6 Å². The van der Waals surface area contributed by atoms with Crippen LogP contribution in [0.2, 0.25) is 5.02 Å². The van der Waals surface area contributed by atoms with Crippen molar-refractivity contribution in [2.45, 2.75) is 49.9 Å². The zero-order valence-electron chi connectivity index (χ0n) is 21.1. The molecule has 2 aliphatic rings. The van der Waals surface area contributed by atoms with E-state index in [0.717, 1.165) is 12.1 Å². The highest BCUT2D eigenvalue weighted by Gasteiger charge is 2.64. The fourth-order valence-corrected chi connectivity index (χ4v) is 4.88. The number of rotatable bonds is 5. The van der Waals surface area contributed by atoms with Crippen LogP contribution in [0, 0.1) is 12.7 Å². The summed E-state index contributed by atoms with van der Waals surface area (Å²) in [6, 6.07) is 2.34. The number of carbonyl (C=O) groups is 2. The Balaban J connectivity index is 1.57. The molecule has 2 amide bonds. The van der Waals surface area contributed by atoms with Gasteiger partial charge in [0, 0.05) is 17.7 Å². The number of nitrogens with zero attached hydrogens (tertiary/aromatic N) is 2. The maximum atomic E-state index is 14.8. The van der Waals surface area contributed by atoms with E-state index < -0.39 is 82.6 Å². The van der Waals surface area contributed by atoms with Crippen LogP contribution in [0.4, 0.5) is 43.9 Å². The van der Waals surface area contributed by atoms with Crippen molar-refractivity contribution in [3.05, 3.63) is 69.0 Å². The highest BCUT2D eigenvalue weighted by Crippen LogP contribution is 2.51. The number of benzene rings is 2. The summed E-state index contributed by atoms with van der Waals surface area (Å²) in [5.74, 6) is -3.56. The van der Waals surface area contributed by atoms with Crippen molar-refractivity contribution >= 4 is 29.1 Å². The molecule has 228 valence electrons. The van der Waals surface area contributed by atoms with Crippen LogP contribution >= 0.6 is 11.6 Å². The highest BCUT2D eigenvalue weighted by molar-refractivity contribution is 6.30. The number of carbonyl (C=O) groups excluding carboxylic acids is 2. The first-order valence-corrected chi connectivity index (χ1v) is 12.3. The van der Waals surface area contributed by atoms with Gasteiger partial charge in [0.1, 0.15) is 18.4 Å². The summed E-state index contributed by atoms with van der Waals surface area (Å²) in [6.07, 6.45) is -16.6. The Bertz CT molecular complexity index is 1450. The van der Waals surface area contributed by atoms with E-state index in [-0.39, 0.29) is 41.8 Å². The van der Waals surface area contributed by atoms with E-state index >= 15 is 0 Å². The van der Waals surface area contributed by atoms with Gasteiger partial charge in [-0.1, -0.05) is 22.8 Å². The second kappa shape index (κ2) is 10.6. The van der Waals surface area contributed by atoms with Gasteiger partial charge in [0.25, 0.3) is 11.5 Å². The van der Waals surface area contributed by atoms with Gasteiger partial charge in [0.05, 0.1) is 22.7 Å². The quantitative estimate of drug-likeness (QED) is 0.394. The van der Waals surface area contributed by atoms with Crippen LogP contribution in [0.5, 0.6) is 0 Å². The molecule has 0 aromatic heterocycles. The van der Waals surface area contributed by atoms with Crippen LogP contribution in [0.3, 0.4) is 0 Å². The molecule has 6 nitrogen and oxygen atoms in total. The summed E-state index contributed by atoms with van der Waals surface area (Å²) in [6.45, 7) is -0.351. The van der Waals surface area contributed by atoms with Gasteiger partial charge in [0.2, 0.25) is 5.91 Å². The fourth-order valence-electron chi connectivity index (χ4n) is 4.66. The standard InChI is InChI=1S/C25H18ClF10N3O3/c1-11-6-12(2-3-14(11)20(40)37-17-4-5-39(21(17)41)10-23(28,29)30)18-9-22(42-38-18,25(34,35)36)15-7-13(24(31,32)33)8-16(26)19(15)27/h2-3,6-8,17H,4-5,9-10H2,1H3,(H,37,40)/t17-,22-/m1/s1. The minimum Gasteiger partial charge on any atom is -0.374 e. The zero-order chi connectivity index (χ0) is 31.4. The minimum atomic E-state index is -5.46. The molecular formula is C25H18ClF10N3O3. The van der Waals surface area contributed by atoms with Gasteiger partial charge >= 0.3 is 18.5 Å². The molecule has 42 heavy (non-hydrogen) atoms. The third-order valence-electron chi connectivity index (χ3n) is 6.75. The molecule has 2 aromatic carbocycles. The third-order valence-corrected chi connectivity index (χ3v) is 7.03. The first-order chi connectivity index (χ1) is 19.2. The van der Waals surface area contributed by atoms with Gasteiger partial charge in [-0.3, -0.25) is 9.59 Å². The lowest BCUT2D eigenvalue weighted by Gasteiger charge is -2.30. The Morgan fingerprint density at radius 2 is 1.79 bits per heavy atom. The lowest BCUT2D eigenvalue weighted by Crippen LogP contribution is -2.44. The van der Waals surface area contributed by atoms with Crippen LogP contribution in [0.15, 0.2) is 35.5 Å². The Morgan fingerprint density at radius 3 is 2.36 bits per heavy atom. The van der Waals surface area contributed by atoms with Crippen LogP contribution in [0.25, 0.3) is 0 Å². The Hall–Kier alpha value is -3.56.